The monoisotopic (exact) mass is 243 g/mol. The second-order valence-corrected chi connectivity index (χ2v) is 4.62. The number of rotatable bonds is 2. The van der Waals surface area contributed by atoms with Crippen molar-refractivity contribution in [3.8, 4) is 0 Å². The summed E-state index contributed by atoms with van der Waals surface area (Å²) in [6, 6.07) is 10.1. The lowest BCUT2D eigenvalue weighted by molar-refractivity contribution is -0.111. The Morgan fingerprint density at radius 3 is 1.94 bits per heavy atom. The van der Waals surface area contributed by atoms with Crippen LogP contribution < -0.4 is 5.73 Å². The Morgan fingerprint density at radius 2 is 1.59 bits per heavy atom. The van der Waals surface area contributed by atoms with Crippen LogP contribution in [0.3, 0.4) is 0 Å². The molecule has 2 N–H and O–H groups in total. The molecule has 86 valence electrons. The van der Waals surface area contributed by atoms with E-state index in [1.165, 1.54) is 4.90 Å². The van der Waals surface area contributed by atoms with Crippen LogP contribution in [-0.4, -0.2) is 11.7 Å². The maximum atomic E-state index is 10.8. The number of thioether (sulfide) groups is 1. The summed E-state index contributed by atoms with van der Waals surface area (Å²) in [5, 5.41) is 0. The Hall–Kier alpha value is -1.58. The van der Waals surface area contributed by atoms with Crippen LogP contribution in [0.5, 0.6) is 0 Å². The molecule has 0 fully saturated rings. The van der Waals surface area contributed by atoms with Crippen molar-refractivity contribution in [3.05, 3.63) is 65.8 Å². The van der Waals surface area contributed by atoms with E-state index in [0.29, 0.717) is 5.88 Å². The topological polar surface area (TPSA) is 43.1 Å². The van der Waals surface area contributed by atoms with Crippen LogP contribution in [0.15, 0.2) is 70.7 Å². The number of allylic oxidation sites excluding steroid dienone is 6. The van der Waals surface area contributed by atoms with E-state index in [1.807, 2.05) is 42.5 Å². The van der Waals surface area contributed by atoms with Crippen molar-refractivity contribution >= 4 is 17.5 Å². The lowest BCUT2D eigenvalue weighted by Gasteiger charge is -1.93. The van der Waals surface area contributed by atoms with Crippen molar-refractivity contribution < 1.29 is 4.79 Å². The molecule has 0 amide bonds. The fourth-order valence-corrected chi connectivity index (χ4v) is 2.09. The third-order valence-corrected chi connectivity index (χ3v) is 3.17. The van der Waals surface area contributed by atoms with Gasteiger partial charge in [-0.25, -0.2) is 0 Å². The summed E-state index contributed by atoms with van der Waals surface area (Å²) in [6.07, 6.45) is 7.38. The normalized spacial score (nSPS) is 15.2. The second-order valence-electron chi connectivity index (χ2n) is 3.53. The first-order valence-corrected chi connectivity index (χ1v) is 6.32. The maximum Gasteiger partial charge on any atom is 0.193 e. The molecule has 0 saturated heterocycles. The van der Waals surface area contributed by atoms with Gasteiger partial charge in [-0.3, -0.25) is 4.79 Å². The highest BCUT2D eigenvalue weighted by atomic mass is 32.2. The predicted molar refractivity (Wildman–Crippen MR) is 71.7 cm³/mol. The highest BCUT2D eigenvalue weighted by Gasteiger charge is 2.19. The van der Waals surface area contributed by atoms with Crippen LogP contribution in [0.2, 0.25) is 0 Å². The molecule has 0 radical (unpaired) electrons. The Kier molecular flexibility index (Phi) is 3.96. The number of nitrogens with two attached hydrogens (primary N) is 1. The molecule has 0 spiro atoms. The number of ketones is 1. The summed E-state index contributed by atoms with van der Waals surface area (Å²) in [5.74, 6) is 0.842. The number of hydrogen-bond donors (Lipinski definition) is 1. The Labute approximate surface area is 105 Å². The van der Waals surface area contributed by atoms with E-state index in [9.17, 15) is 4.79 Å². The maximum absolute atomic E-state index is 10.8. The van der Waals surface area contributed by atoms with Gasteiger partial charge in [-0.2, -0.15) is 0 Å². The van der Waals surface area contributed by atoms with Crippen LogP contribution >= 0.6 is 11.8 Å². The lowest BCUT2D eigenvalue weighted by atomic mass is 10.2. The van der Waals surface area contributed by atoms with Gasteiger partial charge in [0.1, 0.15) is 0 Å². The van der Waals surface area contributed by atoms with Gasteiger partial charge in [0.05, 0.1) is 0 Å². The SMILES string of the molecule is NCSc1ccccc1.O=C1C2=CC=C1C=C2. The lowest BCUT2D eigenvalue weighted by Crippen LogP contribution is -1.90. The summed E-state index contributed by atoms with van der Waals surface area (Å²) in [7, 11) is 0. The van der Waals surface area contributed by atoms with Crippen LogP contribution in [0.1, 0.15) is 0 Å². The Bertz CT molecular complexity index is 476. The van der Waals surface area contributed by atoms with Crippen molar-refractivity contribution in [1.29, 1.82) is 0 Å². The van der Waals surface area contributed by atoms with Crippen molar-refractivity contribution in [2.75, 3.05) is 5.88 Å². The molecule has 1 aromatic carbocycles. The molecule has 2 nitrogen and oxygen atoms in total. The minimum absolute atomic E-state index is 0.185. The molecule has 0 heterocycles. The molecule has 0 saturated carbocycles. The van der Waals surface area contributed by atoms with E-state index in [4.69, 9.17) is 5.73 Å². The van der Waals surface area contributed by atoms with Crippen LogP contribution in [-0.2, 0) is 4.79 Å². The van der Waals surface area contributed by atoms with Crippen LogP contribution in [0.4, 0.5) is 0 Å². The smallest absolute Gasteiger partial charge is 0.193 e. The fourth-order valence-electron chi connectivity index (χ4n) is 1.55. The van der Waals surface area contributed by atoms with Crippen molar-refractivity contribution in [2.45, 2.75) is 4.90 Å². The highest BCUT2D eigenvalue weighted by molar-refractivity contribution is 7.99. The van der Waals surface area contributed by atoms with E-state index in [0.717, 1.165) is 11.1 Å². The second kappa shape index (κ2) is 5.66. The molecule has 1 aromatic rings. The summed E-state index contributed by atoms with van der Waals surface area (Å²) in [4.78, 5) is 12.0. The first-order valence-electron chi connectivity index (χ1n) is 5.34. The van der Waals surface area contributed by atoms with E-state index >= 15 is 0 Å². The van der Waals surface area contributed by atoms with Crippen LogP contribution in [0, 0.1) is 0 Å². The van der Waals surface area contributed by atoms with Gasteiger partial charge in [0.25, 0.3) is 0 Å². The fraction of sp³-hybridized carbons (Fsp3) is 0.0714. The van der Waals surface area contributed by atoms with E-state index in [-0.39, 0.29) is 5.78 Å². The van der Waals surface area contributed by atoms with Crippen LogP contribution in [0.25, 0.3) is 0 Å². The molecule has 0 aromatic heterocycles. The predicted octanol–water partition coefficient (Wildman–Crippen LogP) is 2.69. The van der Waals surface area contributed by atoms with Gasteiger partial charge in [0.2, 0.25) is 0 Å². The standard InChI is InChI=1S/C7H9NS.C7H4O/c8-6-9-7-4-2-1-3-5-7;8-7-5-1-2-6(7)4-3-5/h1-5H,6,8H2;1-4H. The summed E-state index contributed by atoms with van der Waals surface area (Å²) in [5.41, 5.74) is 6.99. The molecule has 2 aliphatic carbocycles. The number of hydrogen-bond acceptors (Lipinski definition) is 3. The first kappa shape index (κ1) is 11.9. The zero-order chi connectivity index (χ0) is 12.1. The highest BCUT2D eigenvalue weighted by Crippen LogP contribution is 2.23. The van der Waals surface area contributed by atoms with Gasteiger partial charge in [-0.1, -0.05) is 42.5 Å². The van der Waals surface area contributed by atoms with Gasteiger partial charge in [0, 0.05) is 21.9 Å². The van der Waals surface area contributed by atoms with Crippen molar-refractivity contribution in [1.82, 2.24) is 0 Å². The van der Waals surface area contributed by atoms with Gasteiger partial charge >= 0.3 is 0 Å². The van der Waals surface area contributed by atoms with Crippen molar-refractivity contribution in [3.63, 3.8) is 0 Å². The number of carbonyl (C=O) groups excluding carboxylic acids is 1. The van der Waals surface area contributed by atoms with E-state index < -0.39 is 0 Å². The van der Waals surface area contributed by atoms with Gasteiger partial charge < -0.3 is 5.73 Å². The van der Waals surface area contributed by atoms with Gasteiger partial charge in [0.15, 0.2) is 5.78 Å². The Morgan fingerprint density at radius 1 is 1.00 bits per heavy atom. The minimum atomic E-state index is 0.185. The molecule has 0 atom stereocenters. The number of Topliss-reactive ketones (excluding diaryl/α,β-unsaturated/α-hetero) is 1. The molecule has 3 rings (SSSR count). The molecule has 3 heteroatoms. The zero-order valence-corrected chi connectivity index (χ0v) is 10.1. The molecule has 0 aliphatic heterocycles. The van der Waals surface area contributed by atoms with Gasteiger partial charge in [-0.15, -0.1) is 11.8 Å². The molecular weight excluding hydrogens is 230 g/mol. The molecule has 17 heavy (non-hydrogen) atoms. The third-order valence-electron chi connectivity index (χ3n) is 2.40. The molecule has 0 unspecified atom stereocenters. The quantitative estimate of drug-likeness (QED) is 0.641. The molecular formula is C14H13NOS. The number of benzene rings is 1. The zero-order valence-electron chi connectivity index (χ0n) is 9.30. The third kappa shape index (κ3) is 2.96. The minimum Gasteiger partial charge on any atom is -0.322 e. The van der Waals surface area contributed by atoms with Crippen molar-refractivity contribution in [2.24, 2.45) is 5.73 Å². The molecule has 2 bridgehead atoms. The summed E-state index contributed by atoms with van der Waals surface area (Å²) < 4.78 is 0. The summed E-state index contributed by atoms with van der Waals surface area (Å²) in [6.45, 7) is 0. The van der Waals surface area contributed by atoms with E-state index in [2.05, 4.69) is 12.1 Å². The van der Waals surface area contributed by atoms with E-state index in [1.54, 1.807) is 11.8 Å². The molecule has 2 aliphatic rings. The first-order chi connectivity index (χ1) is 8.31. The number of fused-ring (bicyclic) bond motifs is 2. The average Bonchev–Trinajstić information content (AvgIpc) is 2.90. The van der Waals surface area contributed by atoms with Gasteiger partial charge in [-0.05, 0) is 12.1 Å². The summed E-state index contributed by atoms with van der Waals surface area (Å²) >= 11 is 1.65. The number of carbonyl (C=O) groups is 1. The largest absolute Gasteiger partial charge is 0.322 e. The average molecular weight is 243 g/mol. The Balaban J connectivity index is 0.000000127.